The molecule has 0 aliphatic heterocycles. The molecule has 0 aromatic rings. The zero-order valence-corrected chi connectivity index (χ0v) is 6.36. The van der Waals surface area contributed by atoms with Crippen molar-refractivity contribution in [3.8, 4) is 0 Å². The van der Waals surface area contributed by atoms with Crippen LogP contribution < -0.4 is 0 Å². The molecule has 0 aromatic carbocycles. The Kier molecular flexibility index (Phi) is 4940. The molecular formula is H3Cr2CuO4. The zero-order chi connectivity index (χ0) is 0. The molecule has 0 aliphatic rings. The van der Waals surface area contributed by atoms with Crippen LogP contribution in [0.5, 0.6) is 0 Å². The fourth-order valence-electron chi connectivity index (χ4n) is 0. The average molecular weight is 235 g/mol. The quantitative estimate of drug-likeness (QED) is 0.518. The molecule has 50 valence electrons. The van der Waals surface area contributed by atoms with E-state index >= 15 is 0 Å². The minimum Gasteiger partial charge on any atom is -2.00 e. The van der Waals surface area contributed by atoms with Crippen molar-refractivity contribution >= 4 is 0 Å². The summed E-state index contributed by atoms with van der Waals surface area (Å²) in [5, 5.41) is 0. The minimum absolute atomic E-state index is 0. The van der Waals surface area contributed by atoms with E-state index in [1.165, 1.54) is 0 Å². The van der Waals surface area contributed by atoms with Crippen LogP contribution in [0.4, 0.5) is 0 Å². The molecule has 0 saturated heterocycles. The van der Waals surface area contributed by atoms with E-state index in [1.807, 2.05) is 0 Å². The van der Waals surface area contributed by atoms with Gasteiger partial charge in [0.1, 0.15) is 0 Å². The van der Waals surface area contributed by atoms with Crippen molar-refractivity contribution in [2.24, 2.45) is 0 Å². The normalized spacial score (nSPS) is 0. The summed E-state index contributed by atoms with van der Waals surface area (Å²) >= 11 is 0. The molecule has 0 unspecified atom stereocenters. The molecular weight excluding hydrogens is 232 g/mol. The Labute approximate surface area is 73.6 Å². The first kappa shape index (κ1) is 229. The van der Waals surface area contributed by atoms with E-state index in [9.17, 15) is 0 Å². The van der Waals surface area contributed by atoms with E-state index in [0.717, 1.165) is 0 Å². The third-order valence-electron chi connectivity index (χ3n) is 0. The fraction of sp³-hybridized carbons (Fsp3) is 0. The summed E-state index contributed by atoms with van der Waals surface area (Å²) in [5.41, 5.74) is 0. The Morgan fingerprint density at radius 1 is 0.571 bits per heavy atom. The Balaban J connectivity index is 0. The molecule has 0 heterocycles. The smallest absolute Gasteiger partial charge is 2.00 e. The molecule has 0 atom stereocenters. The zero-order valence-electron chi connectivity index (χ0n) is 2.87. The third kappa shape index (κ3) is 108. The molecule has 0 radical (unpaired) electrons. The largest absolute Gasteiger partial charge is 2.00 e. The molecule has 4 nitrogen and oxygen atoms in total. The van der Waals surface area contributed by atoms with Crippen molar-refractivity contribution in [3.05, 3.63) is 0 Å². The van der Waals surface area contributed by atoms with Crippen LogP contribution >= 0.6 is 0 Å². The van der Waals surface area contributed by atoms with Crippen LogP contribution in [-0.4, -0.2) is 16.4 Å². The molecule has 0 aromatic heterocycles. The van der Waals surface area contributed by atoms with Crippen LogP contribution in [0, 0.1) is 0 Å². The van der Waals surface area contributed by atoms with Crippen LogP contribution in [-0.2, 0) is 57.3 Å². The van der Waals surface area contributed by atoms with Gasteiger partial charge in [0.15, 0.2) is 0 Å². The molecule has 0 bridgehead atoms. The van der Waals surface area contributed by atoms with Gasteiger partial charge in [-0.15, -0.1) is 0 Å². The maximum atomic E-state index is 0. The monoisotopic (exact) mass is 234 g/mol. The SMILES string of the molecule is [Cr+2].[Cr+2].[Cu+].[O-2].[OH-].[OH-].[OH-]. The van der Waals surface area contributed by atoms with Gasteiger partial charge in [-0.2, -0.15) is 0 Å². The van der Waals surface area contributed by atoms with Gasteiger partial charge in [0.05, 0.1) is 0 Å². The molecule has 0 fully saturated rings. The van der Waals surface area contributed by atoms with Crippen molar-refractivity contribution in [1.29, 1.82) is 0 Å². The summed E-state index contributed by atoms with van der Waals surface area (Å²) < 4.78 is 0. The van der Waals surface area contributed by atoms with Gasteiger partial charge in [-0.3, -0.25) is 0 Å². The Bertz CT molecular complexity index is 9.65. The standard InChI is InChI=1S/2Cr.Cu.3H2O.O/h;;;3*1H2;/q2*+2;+1;;;;-2/p-3. The molecule has 0 spiro atoms. The van der Waals surface area contributed by atoms with Crippen LogP contribution in [0.3, 0.4) is 0 Å². The maximum absolute atomic E-state index is 0. The van der Waals surface area contributed by atoms with Gasteiger partial charge in [-0.25, -0.2) is 0 Å². The fourth-order valence-corrected chi connectivity index (χ4v) is 0. The maximum Gasteiger partial charge on any atom is 2.00 e. The molecule has 0 amide bonds. The Morgan fingerprint density at radius 3 is 0.571 bits per heavy atom. The van der Waals surface area contributed by atoms with Crippen LogP contribution in [0.25, 0.3) is 0 Å². The molecule has 7 heavy (non-hydrogen) atoms. The molecule has 0 saturated carbocycles. The van der Waals surface area contributed by atoms with Gasteiger partial charge in [-0.05, 0) is 0 Å². The summed E-state index contributed by atoms with van der Waals surface area (Å²) in [6.45, 7) is 0. The molecule has 7 heteroatoms. The minimum atomic E-state index is 0. The second-order valence-corrected chi connectivity index (χ2v) is 0. The first-order chi connectivity index (χ1) is 0. The van der Waals surface area contributed by atoms with Crippen LogP contribution in [0.1, 0.15) is 0 Å². The summed E-state index contributed by atoms with van der Waals surface area (Å²) in [6, 6.07) is 0. The summed E-state index contributed by atoms with van der Waals surface area (Å²) in [7, 11) is 0. The molecule has 3 N–H and O–H groups in total. The second kappa shape index (κ2) is 151. The summed E-state index contributed by atoms with van der Waals surface area (Å²) in [5.74, 6) is 0. The third-order valence-corrected chi connectivity index (χ3v) is 0. The number of hydrogen-bond donors (Lipinski definition) is 0. The first-order valence-electron chi connectivity index (χ1n) is 0. The van der Waals surface area contributed by atoms with Gasteiger partial charge in [0.25, 0.3) is 0 Å². The van der Waals surface area contributed by atoms with E-state index in [1.54, 1.807) is 0 Å². The first-order valence-corrected chi connectivity index (χ1v) is 0. The van der Waals surface area contributed by atoms with E-state index < -0.39 is 0 Å². The van der Waals surface area contributed by atoms with Gasteiger partial charge in [0, 0.05) is 0 Å². The van der Waals surface area contributed by atoms with Crippen molar-refractivity contribution in [1.82, 2.24) is 0 Å². The number of hydrogen-bond acceptors (Lipinski definition) is 3. The van der Waals surface area contributed by atoms with E-state index in [4.69, 9.17) is 0 Å². The van der Waals surface area contributed by atoms with Gasteiger partial charge < -0.3 is 21.9 Å². The van der Waals surface area contributed by atoms with Gasteiger partial charge in [-0.1, -0.05) is 0 Å². The topological polar surface area (TPSA) is 118 Å². The van der Waals surface area contributed by atoms with Gasteiger partial charge in [0.2, 0.25) is 0 Å². The van der Waals surface area contributed by atoms with Crippen LogP contribution in [0.15, 0.2) is 0 Å². The summed E-state index contributed by atoms with van der Waals surface area (Å²) in [6.07, 6.45) is 0. The van der Waals surface area contributed by atoms with E-state index in [2.05, 4.69) is 0 Å². The van der Waals surface area contributed by atoms with Crippen molar-refractivity contribution < 1.29 is 73.7 Å². The van der Waals surface area contributed by atoms with Crippen molar-refractivity contribution in [2.75, 3.05) is 0 Å². The Hall–Kier alpha value is 1.42. The van der Waals surface area contributed by atoms with Gasteiger partial charge >= 0.3 is 51.8 Å². The Morgan fingerprint density at radius 2 is 0.571 bits per heavy atom. The second-order valence-electron chi connectivity index (χ2n) is 0. The number of rotatable bonds is 0. The average Bonchev–Trinajstić information content (AvgIpc) is 0. The van der Waals surface area contributed by atoms with Crippen molar-refractivity contribution in [2.45, 2.75) is 0 Å². The predicted octanol–water partition coefficient (Wildman–Crippen LogP) is -0.657. The summed E-state index contributed by atoms with van der Waals surface area (Å²) in [4.78, 5) is 0. The van der Waals surface area contributed by atoms with Crippen molar-refractivity contribution in [3.63, 3.8) is 0 Å². The molecule has 0 aliphatic carbocycles. The van der Waals surface area contributed by atoms with E-state index in [-0.39, 0.29) is 73.7 Å². The predicted molar refractivity (Wildman–Crippen MR) is 6.49 cm³/mol. The van der Waals surface area contributed by atoms with E-state index in [0.29, 0.717) is 0 Å². The molecule has 0 rings (SSSR count). The van der Waals surface area contributed by atoms with Crippen LogP contribution in [0.2, 0.25) is 0 Å².